The molecule has 39 heavy (non-hydrogen) atoms. The fraction of sp³-hybridized carbons (Fsp3) is 0.156. The van der Waals surface area contributed by atoms with Crippen molar-refractivity contribution in [3.63, 3.8) is 0 Å². The van der Waals surface area contributed by atoms with E-state index in [2.05, 4.69) is 38.9 Å². The van der Waals surface area contributed by atoms with Gasteiger partial charge in [0.15, 0.2) is 6.10 Å². The number of aryl methyl sites for hydroxylation is 2. The van der Waals surface area contributed by atoms with Crippen molar-refractivity contribution in [3.05, 3.63) is 96.1 Å². The molecule has 194 valence electrons. The molecule has 1 unspecified atom stereocenters. The molecule has 1 amide bonds. The molecule has 6 aromatic rings. The van der Waals surface area contributed by atoms with Crippen LogP contribution in [-0.2, 0) is 16.1 Å². The first-order valence-corrected chi connectivity index (χ1v) is 13.0. The number of H-pyrrole nitrogens is 1. The van der Waals surface area contributed by atoms with Crippen LogP contribution in [-0.4, -0.2) is 32.5 Å². The minimum atomic E-state index is -0.981. The molecule has 0 bridgehead atoms. The summed E-state index contributed by atoms with van der Waals surface area (Å²) in [6.07, 6.45) is -0.981. The van der Waals surface area contributed by atoms with E-state index in [-0.39, 0.29) is 0 Å². The van der Waals surface area contributed by atoms with Gasteiger partial charge in [-0.1, -0.05) is 48.0 Å². The lowest BCUT2D eigenvalue weighted by atomic mass is 10.1. The molecule has 2 aromatic heterocycles. The predicted molar refractivity (Wildman–Crippen MR) is 155 cm³/mol. The minimum absolute atomic E-state index is 0.343. The molecule has 0 aliphatic rings. The molecule has 7 nitrogen and oxygen atoms in total. The summed E-state index contributed by atoms with van der Waals surface area (Å²) in [5.41, 5.74) is 6.85. The Morgan fingerprint density at radius 3 is 2.51 bits per heavy atom. The number of carbonyl (C=O) groups is 2. The highest BCUT2D eigenvalue weighted by Crippen LogP contribution is 2.31. The van der Waals surface area contributed by atoms with E-state index in [4.69, 9.17) is 4.74 Å². The number of ether oxygens (including phenoxy) is 1. The monoisotopic (exact) mass is 516 g/mol. The molecule has 0 aliphatic carbocycles. The number of aromatic amines is 1. The van der Waals surface area contributed by atoms with Crippen LogP contribution in [0.4, 0.5) is 5.69 Å². The molecule has 2 heterocycles. The van der Waals surface area contributed by atoms with Gasteiger partial charge < -0.3 is 19.6 Å². The van der Waals surface area contributed by atoms with Crippen LogP contribution in [0.2, 0.25) is 0 Å². The molecule has 0 spiro atoms. The van der Waals surface area contributed by atoms with E-state index in [0.29, 0.717) is 11.3 Å². The van der Waals surface area contributed by atoms with Crippen LogP contribution in [0.15, 0.2) is 84.9 Å². The molecule has 0 fully saturated rings. The Morgan fingerprint density at radius 2 is 1.72 bits per heavy atom. The SMILES string of the molecule is CCn1c2ccccc2c2cc(NC(=O)C(C)OC(=O)c3ccc4nc(-c5ccc(C)cc5)[nH]c4c3)ccc21. The Labute approximate surface area is 225 Å². The van der Waals surface area contributed by atoms with Crippen molar-refractivity contribution in [2.45, 2.75) is 33.4 Å². The first-order valence-electron chi connectivity index (χ1n) is 13.0. The number of esters is 1. The van der Waals surface area contributed by atoms with E-state index in [1.165, 1.54) is 5.56 Å². The third kappa shape index (κ3) is 4.52. The molecule has 0 saturated heterocycles. The van der Waals surface area contributed by atoms with E-state index in [1.807, 2.05) is 61.5 Å². The number of hydrogen-bond acceptors (Lipinski definition) is 4. The fourth-order valence-electron chi connectivity index (χ4n) is 4.98. The van der Waals surface area contributed by atoms with Crippen molar-refractivity contribution >= 4 is 50.4 Å². The van der Waals surface area contributed by atoms with Gasteiger partial charge in [-0.15, -0.1) is 0 Å². The number of imidazole rings is 1. The number of hydrogen-bond donors (Lipinski definition) is 2. The number of rotatable bonds is 6. The number of carbonyl (C=O) groups excluding carboxylic acids is 2. The maximum Gasteiger partial charge on any atom is 0.338 e. The number of fused-ring (bicyclic) bond motifs is 4. The lowest BCUT2D eigenvalue weighted by Gasteiger charge is -2.14. The largest absolute Gasteiger partial charge is 0.449 e. The van der Waals surface area contributed by atoms with Crippen LogP contribution in [0.5, 0.6) is 0 Å². The first kappa shape index (κ1) is 24.4. The molecule has 0 saturated carbocycles. The number of para-hydroxylation sites is 1. The van der Waals surface area contributed by atoms with E-state index < -0.39 is 18.0 Å². The second-order valence-electron chi connectivity index (χ2n) is 9.71. The molecule has 4 aromatic carbocycles. The van der Waals surface area contributed by atoms with Crippen molar-refractivity contribution < 1.29 is 14.3 Å². The second kappa shape index (κ2) is 9.76. The summed E-state index contributed by atoms with van der Waals surface area (Å²) in [5.74, 6) is -0.249. The summed E-state index contributed by atoms with van der Waals surface area (Å²) >= 11 is 0. The summed E-state index contributed by atoms with van der Waals surface area (Å²) in [4.78, 5) is 33.7. The lowest BCUT2D eigenvalue weighted by molar-refractivity contribution is -0.123. The van der Waals surface area contributed by atoms with Gasteiger partial charge in [0.25, 0.3) is 5.91 Å². The van der Waals surface area contributed by atoms with Crippen LogP contribution < -0.4 is 5.32 Å². The molecular formula is C32H28N4O3. The van der Waals surface area contributed by atoms with Gasteiger partial charge in [-0.05, 0) is 63.2 Å². The van der Waals surface area contributed by atoms with Gasteiger partial charge in [0.05, 0.1) is 16.6 Å². The Hall–Kier alpha value is -4.91. The highest BCUT2D eigenvalue weighted by atomic mass is 16.5. The topological polar surface area (TPSA) is 89.0 Å². The molecule has 7 heteroatoms. The predicted octanol–water partition coefficient (Wildman–Crippen LogP) is 6.85. The minimum Gasteiger partial charge on any atom is -0.449 e. The zero-order chi connectivity index (χ0) is 27.1. The van der Waals surface area contributed by atoms with E-state index in [9.17, 15) is 9.59 Å². The maximum absolute atomic E-state index is 12.9. The number of aromatic nitrogens is 3. The lowest BCUT2D eigenvalue weighted by Crippen LogP contribution is -2.30. The van der Waals surface area contributed by atoms with Gasteiger partial charge >= 0.3 is 5.97 Å². The van der Waals surface area contributed by atoms with Crippen molar-refractivity contribution in [1.82, 2.24) is 14.5 Å². The third-order valence-corrected chi connectivity index (χ3v) is 7.05. The Kier molecular flexibility index (Phi) is 6.11. The molecular weight excluding hydrogens is 488 g/mol. The van der Waals surface area contributed by atoms with Crippen molar-refractivity contribution in [2.75, 3.05) is 5.32 Å². The zero-order valence-electron chi connectivity index (χ0n) is 22.0. The number of anilines is 1. The van der Waals surface area contributed by atoms with Gasteiger partial charge in [-0.2, -0.15) is 0 Å². The quantitative estimate of drug-likeness (QED) is 0.237. The summed E-state index contributed by atoms with van der Waals surface area (Å²) in [5, 5.41) is 5.09. The van der Waals surface area contributed by atoms with Gasteiger partial charge in [0.1, 0.15) is 5.82 Å². The standard InChI is InChI=1S/C32H28N4O3/c1-4-36-28-8-6-5-7-24(28)25-18-23(14-16-29(25)36)33-31(37)20(3)39-32(38)22-13-15-26-27(17-22)35-30(34-26)21-11-9-19(2)10-12-21/h5-18,20H,4H2,1-3H3,(H,33,37)(H,34,35). The van der Waals surface area contributed by atoms with Crippen LogP contribution in [0.3, 0.4) is 0 Å². The molecule has 0 aliphatic heterocycles. The normalized spacial score (nSPS) is 12.2. The van der Waals surface area contributed by atoms with Crippen LogP contribution >= 0.6 is 0 Å². The smallest absolute Gasteiger partial charge is 0.338 e. The van der Waals surface area contributed by atoms with Crippen molar-refractivity contribution in [3.8, 4) is 11.4 Å². The van der Waals surface area contributed by atoms with Crippen molar-refractivity contribution in [1.29, 1.82) is 0 Å². The van der Waals surface area contributed by atoms with Gasteiger partial charge in [0, 0.05) is 39.6 Å². The summed E-state index contributed by atoms with van der Waals surface area (Å²) in [6.45, 7) is 6.57. The molecule has 1 atom stereocenters. The fourth-order valence-corrected chi connectivity index (χ4v) is 4.98. The van der Waals surface area contributed by atoms with Crippen LogP contribution in [0, 0.1) is 6.92 Å². The van der Waals surface area contributed by atoms with Gasteiger partial charge in [0.2, 0.25) is 0 Å². The van der Waals surface area contributed by atoms with Crippen LogP contribution in [0.1, 0.15) is 29.8 Å². The Morgan fingerprint density at radius 1 is 0.949 bits per heavy atom. The summed E-state index contributed by atoms with van der Waals surface area (Å²) in [6, 6.07) is 27.3. The van der Waals surface area contributed by atoms with Crippen molar-refractivity contribution in [2.24, 2.45) is 0 Å². The Balaban J connectivity index is 1.17. The number of benzene rings is 4. The van der Waals surface area contributed by atoms with E-state index in [1.54, 1.807) is 25.1 Å². The zero-order valence-corrected chi connectivity index (χ0v) is 22.0. The Bertz CT molecular complexity index is 1860. The maximum atomic E-state index is 12.9. The molecule has 0 radical (unpaired) electrons. The molecule has 6 rings (SSSR count). The van der Waals surface area contributed by atoms with Gasteiger partial charge in [-0.3, -0.25) is 4.79 Å². The van der Waals surface area contributed by atoms with Crippen LogP contribution in [0.25, 0.3) is 44.2 Å². The first-order chi connectivity index (χ1) is 18.9. The number of nitrogens with one attached hydrogen (secondary N) is 2. The van der Waals surface area contributed by atoms with E-state index in [0.717, 1.165) is 50.8 Å². The second-order valence-corrected chi connectivity index (χ2v) is 9.71. The summed E-state index contributed by atoms with van der Waals surface area (Å²) in [7, 11) is 0. The number of amides is 1. The average molecular weight is 517 g/mol. The third-order valence-electron chi connectivity index (χ3n) is 7.05. The highest BCUT2D eigenvalue weighted by Gasteiger charge is 2.20. The highest BCUT2D eigenvalue weighted by molar-refractivity contribution is 6.10. The van der Waals surface area contributed by atoms with Gasteiger partial charge in [-0.25, -0.2) is 9.78 Å². The average Bonchev–Trinajstić information content (AvgIpc) is 3.51. The van der Waals surface area contributed by atoms with E-state index >= 15 is 0 Å². The number of nitrogens with zero attached hydrogens (tertiary/aromatic N) is 2. The summed E-state index contributed by atoms with van der Waals surface area (Å²) < 4.78 is 7.76. The molecule has 2 N–H and O–H groups in total.